The molecular weight excluding hydrogens is 272 g/mol. The minimum absolute atomic E-state index is 0.157. The Labute approximate surface area is 122 Å². The monoisotopic (exact) mass is 296 g/mol. The van der Waals surface area contributed by atoms with E-state index in [2.05, 4.69) is 0 Å². The Kier molecular flexibility index (Phi) is 5.18. The maximum atomic E-state index is 12.3. The van der Waals surface area contributed by atoms with Crippen molar-refractivity contribution in [3.8, 4) is 0 Å². The van der Waals surface area contributed by atoms with E-state index in [-0.39, 0.29) is 11.8 Å². The largest absolute Gasteiger partial charge is 0.328 e. The van der Waals surface area contributed by atoms with E-state index in [0.717, 1.165) is 18.4 Å². The predicted octanol–water partition coefficient (Wildman–Crippen LogP) is 1.62. The molecule has 1 heterocycles. The summed E-state index contributed by atoms with van der Waals surface area (Å²) in [4.78, 5) is 0. The average molecular weight is 296 g/mol. The molecule has 0 bridgehead atoms. The standard InChI is InChI=1S/C15H24N2O2S/c1-13(16)15-7-10-17(11-8-15)20(18,19)12-9-14-5-3-2-4-6-14/h2-6,13,15H,7-12,16H2,1H3. The summed E-state index contributed by atoms with van der Waals surface area (Å²) < 4.78 is 26.3. The smallest absolute Gasteiger partial charge is 0.214 e. The molecule has 1 aliphatic heterocycles. The van der Waals surface area contributed by atoms with Gasteiger partial charge in [-0.3, -0.25) is 0 Å². The normalized spacial score (nSPS) is 19.9. The molecule has 0 aromatic heterocycles. The molecule has 0 saturated carbocycles. The van der Waals surface area contributed by atoms with Gasteiger partial charge in [0.1, 0.15) is 0 Å². The lowest BCUT2D eigenvalue weighted by Gasteiger charge is -2.32. The van der Waals surface area contributed by atoms with Crippen LogP contribution in [0.15, 0.2) is 30.3 Å². The van der Waals surface area contributed by atoms with Gasteiger partial charge >= 0.3 is 0 Å². The van der Waals surface area contributed by atoms with Crippen LogP contribution in [0.2, 0.25) is 0 Å². The summed E-state index contributed by atoms with van der Waals surface area (Å²) in [7, 11) is -3.14. The van der Waals surface area contributed by atoms with Crippen LogP contribution < -0.4 is 5.73 Å². The van der Waals surface area contributed by atoms with E-state index in [4.69, 9.17) is 5.73 Å². The molecule has 5 heteroatoms. The molecule has 20 heavy (non-hydrogen) atoms. The Bertz CT molecular complexity index is 506. The van der Waals surface area contributed by atoms with Crippen LogP contribution in [-0.2, 0) is 16.4 Å². The molecule has 1 aromatic carbocycles. The molecule has 1 aliphatic rings. The Morgan fingerprint density at radius 2 is 1.85 bits per heavy atom. The van der Waals surface area contributed by atoms with Gasteiger partial charge in [-0.15, -0.1) is 0 Å². The van der Waals surface area contributed by atoms with Crippen LogP contribution in [0.3, 0.4) is 0 Å². The summed E-state index contributed by atoms with van der Waals surface area (Å²) in [5.41, 5.74) is 6.96. The van der Waals surface area contributed by atoms with Gasteiger partial charge in [0.25, 0.3) is 0 Å². The summed E-state index contributed by atoms with van der Waals surface area (Å²) in [6, 6.07) is 9.92. The van der Waals surface area contributed by atoms with Gasteiger partial charge in [0.15, 0.2) is 0 Å². The molecule has 1 aromatic rings. The zero-order chi connectivity index (χ0) is 14.6. The van der Waals surface area contributed by atoms with Crippen molar-refractivity contribution in [1.82, 2.24) is 4.31 Å². The molecule has 1 saturated heterocycles. The van der Waals surface area contributed by atoms with Gasteiger partial charge in [-0.2, -0.15) is 0 Å². The number of sulfonamides is 1. The SMILES string of the molecule is CC(N)C1CCN(S(=O)(=O)CCc2ccccc2)CC1. The number of rotatable bonds is 5. The van der Waals surface area contributed by atoms with Gasteiger partial charge in [0.2, 0.25) is 10.0 Å². The molecule has 112 valence electrons. The van der Waals surface area contributed by atoms with Crippen LogP contribution in [0.5, 0.6) is 0 Å². The van der Waals surface area contributed by atoms with Crippen molar-refractivity contribution >= 4 is 10.0 Å². The van der Waals surface area contributed by atoms with Crippen molar-refractivity contribution in [2.75, 3.05) is 18.8 Å². The molecule has 0 amide bonds. The van der Waals surface area contributed by atoms with Crippen molar-refractivity contribution in [1.29, 1.82) is 0 Å². The van der Waals surface area contributed by atoms with Crippen molar-refractivity contribution in [3.05, 3.63) is 35.9 Å². The molecule has 1 fully saturated rings. The van der Waals surface area contributed by atoms with E-state index in [1.54, 1.807) is 4.31 Å². The van der Waals surface area contributed by atoms with Gasteiger partial charge in [-0.25, -0.2) is 12.7 Å². The van der Waals surface area contributed by atoms with E-state index < -0.39 is 10.0 Å². The quantitative estimate of drug-likeness (QED) is 0.898. The van der Waals surface area contributed by atoms with Crippen LogP contribution in [0, 0.1) is 5.92 Å². The number of piperidine rings is 1. The first-order valence-corrected chi connectivity index (χ1v) is 8.87. The first-order chi connectivity index (χ1) is 9.49. The molecule has 0 aliphatic carbocycles. The van der Waals surface area contributed by atoms with Crippen LogP contribution in [0.25, 0.3) is 0 Å². The number of hydrogen-bond donors (Lipinski definition) is 1. The summed E-state index contributed by atoms with van der Waals surface area (Å²) in [6.07, 6.45) is 2.33. The molecule has 2 N–H and O–H groups in total. The maximum Gasteiger partial charge on any atom is 0.214 e. The number of nitrogens with zero attached hydrogens (tertiary/aromatic N) is 1. The fourth-order valence-electron chi connectivity index (χ4n) is 2.70. The first kappa shape index (κ1) is 15.5. The van der Waals surface area contributed by atoms with Gasteiger partial charge in [0.05, 0.1) is 5.75 Å². The molecule has 0 radical (unpaired) electrons. The van der Waals surface area contributed by atoms with Gasteiger partial charge in [-0.05, 0) is 37.7 Å². The Balaban J connectivity index is 1.88. The van der Waals surface area contributed by atoms with Crippen molar-refractivity contribution in [3.63, 3.8) is 0 Å². The second kappa shape index (κ2) is 6.70. The predicted molar refractivity (Wildman–Crippen MR) is 81.9 cm³/mol. The summed E-state index contributed by atoms with van der Waals surface area (Å²) in [5.74, 6) is 0.649. The van der Waals surface area contributed by atoms with Crippen LogP contribution in [-0.4, -0.2) is 37.6 Å². The topological polar surface area (TPSA) is 63.4 Å². The van der Waals surface area contributed by atoms with Crippen LogP contribution >= 0.6 is 0 Å². The number of hydrogen-bond acceptors (Lipinski definition) is 3. The van der Waals surface area contributed by atoms with Crippen molar-refractivity contribution in [2.24, 2.45) is 11.7 Å². The van der Waals surface area contributed by atoms with Crippen LogP contribution in [0.4, 0.5) is 0 Å². The highest BCUT2D eigenvalue weighted by molar-refractivity contribution is 7.89. The number of aryl methyl sites for hydroxylation is 1. The summed E-state index contributed by atoms with van der Waals surface area (Å²) in [5, 5.41) is 0. The third-order valence-corrected chi connectivity index (χ3v) is 6.00. The second-order valence-corrected chi connectivity index (χ2v) is 7.74. The molecule has 2 rings (SSSR count). The zero-order valence-electron chi connectivity index (χ0n) is 12.0. The van der Waals surface area contributed by atoms with E-state index >= 15 is 0 Å². The fourth-order valence-corrected chi connectivity index (χ4v) is 4.22. The minimum Gasteiger partial charge on any atom is -0.328 e. The third kappa shape index (κ3) is 4.04. The molecule has 1 unspecified atom stereocenters. The first-order valence-electron chi connectivity index (χ1n) is 7.26. The van der Waals surface area contributed by atoms with Crippen molar-refractivity contribution < 1.29 is 8.42 Å². The fraction of sp³-hybridized carbons (Fsp3) is 0.600. The average Bonchev–Trinajstić information content (AvgIpc) is 2.46. The summed E-state index contributed by atoms with van der Waals surface area (Å²) >= 11 is 0. The molecular formula is C15H24N2O2S. The maximum absolute atomic E-state index is 12.3. The van der Waals surface area contributed by atoms with Gasteiger partial charge < -0.3 is 5.73 Å². The van der Waals surface area contributed by atoms with E-state index in [0.29, 0.717) is 25.4 Å². The highest BCUT2D eigenvalue weighted by Gasteiger charge is 2.28. The Morgan fingerprint density at radius 3 is 2.40 bits per heavy atom. The minimum atomic E-state index is -3.14. The molecule has 4 nitrogen and oxygen atoms in total. The highest BCUT2D eigenvalue weighted by atomic mass is 32.2. The Morgan fingerprint density at radius 1 is 1.25 bits per heavy atom. The van der Waals surface area contributed by atoms with Gasteiger partial charge in [0, 0.05) is 19.1 Å². The van der Waals surface area contributed by atoms with E-state index in [1.165, 1.54) is 0 Å². The van der Waals surface area contributed by atoms with E-state index in [9.17, 15) is 8.42 Å². The lowest BCUT2D eigenvalue weighted by molar-refractivity contribution is 0.251. The zero-order valence-corrected chi connectivity index (χ0v) is 12.8. The van der Waals surface area contributed by atoms with Crippen LogP contribution in [0.1, 0.15) is 25.3 Å². The highest BCUT2D eigenvalue weighted by Crippen LogP contribution is 2.22. The third-order valence-electron chi connectivity index (χ3n) is 4.13. The molecule has 1 atom stereocenters. The van der Waals surface area contributed by atoms with Gasteiger partial charge in [-0.1, -0.05) is 30.3 Å². The van der Waals surface area contributed by atoms with Crippen molar-refractivity contribution in [2.45, 2.75) is 32.2 Å². The van der Waals surface area contributed by atoms with E-state index in [1.807, 2.05) is 37.3 Å². The summed E-state index contributed by atoms with van der Waals surface area (Å²) in [6.45, 7) is 3.23. The molecule has 0 spiro atoms. The second-order valence-electron chi connectivity index (χ2n) is 5.65. The number of nitrogens with two attached hydrogens (primary N) is 1. The Hall–Kier alpha value is -0.910. The number of benzene rings is 1. The lowest BCUT2D eigenvalue weighted by atomic mass is 9.92. The lowest BCUT2D eigenvalue weighted by Crippen LogP contribution is -2.43.